The Morgan fingerprint density at radius 1 is 1.10 bits per heavy atom. The number of nitrogens with one attached hydrogen (secondary N) is 1. The van der Waals surface area contributed by atoms with E-state index >= 15 is 0 Å². The van der Waals surface area contributed by atoms with E-state index in [1.54, 1.807) is 6.07 Å². The van der Waals surface area contributed by atoms with Crippen molar-refractivity contribution < 1.29 is 8.42 Å². The first-order chi connectivity index (χ1) is 9.54. The Kier molecular flexibility index (Phi) is 7.14. The summed E-state index contributed by atoms with van der Waals surface area (Å²) < 4.78 is 24.7. The second-order valence-corrected chi connectivity index (χ2v) is 6.60. The average Bonchev–Trinajstić information content (AvgIpc) is 2.64. The molecule has 0 aliphatic carbocycles. The highest BCUT2D eigenvalue weighted by molar-refractivity contribution is 7.90. The predicted molar refractivity (Wildman–Crippen MR) is 88.5 cm³/mol. The zero-order chi connectivity index (χ0) is 14.4. The molecule has 0 amide bonds. The van der Waals surface area contributed by atoms with Crippen LogP contribution in [0.5, 0.6) is 0 Å². The van der Waals surface area contributed by atoms with Crippen LogP contribution in [-0.4, -0.2) is 33.0 Å². The Labute approximate surface area is 128 Å². The van der Waals surface area contributed by atoms with Gasteiger partial charge < -0.3 is 4.90 Å². The molecule has 21 heavy (non-hydrogen) atoms. The molecular weight excluding hydrogens is 286 g/mol. The maximum absolute atomic E-state index is 11.2. The molecule has 1 aliphatic heterocycles. The molecule has 1 heterocycles. The summed E-state index contributed by atoms with van der Waals surface area (Å²) in [5.74, 6) is 0. The fraction of sp³-hybridized carbons (Fsp3) is 0.600. The van der Waals surface area contributed by atoms with Gasteiger partial charge in [0.2, 0.25) is 0 Å². The average molecular weight is 313 g/mol. The van der Waals surface area contributed by atoms with E-state index < -0.39 is 10.2 Å². The first-order valence-corrected chi connectivity index (χ1v) is 8.70. The van der Waals surface area contributed by atoms with E-state index in [1.165, 1.54) is 25.7 Å². The summed E-state index contributed by atoms with van der Waals surface area (Å²) in [6, 6.07) is 7.43. The van der Waals surface area contributed by atoms with Crippen molar-refractivity contribution in [2.24, 2.45) is 5.14 Å². The topological polar surface area (TPSA) is 75.4 Å². The lowest BCUT2D eigenvalue weighted by Gasteiger charge is -2.20. The van der Waals surface area contributed by atoms with Crippen LogP contribution in [0.2, 0.25) is 0 Å². The second kappa shape index (κ2) is 8.36. The largest absolute Gasteiger partial charge is 0.303 e. The quantitative estimate of drug-likeness (QED) is 0.876. The van der Waals surface area contributed by atoms with Gasteiger partial charge in [-0.1, -0.05) is 38.5 Å². The second-order valence-electron chi connectivity index (χ2n) is 5.31. The third-order valence-corrected chi connectivity index (χ3v) is 4.17. The van der Waals surface area contributed by atoms with Gasteiger partial charge in [-0.15, -0.1) is 0 Å². The molecule has 120 valence electrons. The van der Waals surface area contributed by atoms with Gasteiger partial charge in [0, 0.05) is 6.54 Å². The smallest absolute Gasteiger partial charge is 0.296 e. The number of nitrogens with zero attached hydrogens (tertiary/aromatic N) is 1. The zero-order valence-corrected chi connectivity index (χ0v) is 12.5. The van der Waals surface area contributed by atoms with Crippen molar-refractivity contribution in [3.8, 4) is 0 Å². The summed E-state index contributed by atoms with van der Waals surface area (Å²) in [7, 11) is -3.71. The number of hydrogen-bond acceptors (Lipinski definition) is 3. The van der Waals surface area contributed by atoms with Gasteiger partial charge in [-0.2, -0.15) is 8.42 Å². The SMILES string of the molecule is C.NS(=O)(=O)Nc1ccccc1CCN1CCCCCC1. The van der Waals surface area contributed by atoms with Crippen LogP contribution >= 0.6 is 0 Å². The summed E-state index contributed by atoms with van der Waals surface area (Å²) in [6.45, 7) is 3.25. The van der Waals surface area contributed by atoms with E-state index in [-0.39, 0.29) is 7.43 Å². The molecular formula is C15H27N3O2S. The maximum Gasteiger partial charge on any atom is 0.296 e. The van der Waals surface area contributed by atoms with E-state index in [0.29, 0.717) is 5.69 Å². The Morgan fingerprint density at radius 2 is 1.71 bits per heavy atom. The van der Waals surface area contributed by atoms with Gasteiger partial charge in [0.25, 0.3) is 10.2 Å². The minimum atomic E-state index is -3.71. The summed E-state index contributed by atoms with van der Waals surface area (Å²) in [4.78, 5) is 2.46. The Bertz CT molecular complexity index is 523. The third kappa shape index (κ3) is 6.46. The number of para-hydroxylation sites is 1. The highest BCUT2D eigenvalue weighted by Gasteiger charge is 2.11. The van der Waals surface area contributed by atoms with E-state index in [1.807, 2.05) is 18.2 Å². The Balaban J connectivity index is 0.00000220. The van der Waals surface area contributed by atoms with Crippen molar-refractivity contribution in [3.63, 3.8) is 0 Å². The molecule has 0 unspecified atom stereocenters. The van der Waals surface area contributed by atoms with Crippen LogP contribution in [0.1, 0.15) is 38.7 Å². The molecule has 3 N–H and O–H groups in total. The van der Waals surface area contributed by atoms with E-state index in [0.717, 1.165) is 31.6 Å². The number of hydrogen-bond donors (Lipinski definition) is 2. The number of anilines is 1. The van der Waals surface area contributed by atoms with E-state index in [2.05, 4.69) is 9.62 Å². The van der Waals surface area contributed by atoms with Crippen molar-refractivity contribution in [3.05, 3.63) is 29.8 Å². The third-order valence-electron chi connectivity index (χ3n) is 3.67. The van der Waals surface area contributed by atoms with Crippen LogP contribution in [0.4, 0.5) is 5.69 Å². The predicted octanol–water partition coefficient (Wildman–Crippen LogP) is 2.36. The van der Waals surface area contributed by atoms with Gasteiger partial charge in [-0.25, -0.2) is 5.14 Å². The van der Waals surface area contributed by atoms with Crippen molar-refractivity contribution in [2.75, 3.05) is 24.4 Å². The van der Waals surface area contributed by atoms with Crippen LogP contribution in [0.3, 0.4) is 0 Å². The van der Waals surface area contributed by atoms with Gasteiger partial charge in [0.15, 0.2) is 0 Å². The van der Waals surface area contributed by atoms with Gasteiger partial charge in [-0.05, 0) is 44.0 Å². The maximum atomic E-state index is 11.2. The standard InChI is InChI=1S/C14H23N3O2S.CH4/c15-20(18,19)16-14-8-4-3-7-13(14)9-12-17-10-5-1-2-6-11-17;/h3-4,7-8,16H,1-2,5-6,9-12H2,(H2,15,18,19);1H4. The number of likely N-dealkylation sites (tertiary alicyclic amines) is 1. The molecule has 0 radical (unpaired) electrons. The van der Waals surface area contributed by atoms with Crippen molar-refractivity contribution in [1.29, 1.82) is 0 Å². The van der Waals surface area contributed by atoms with E-state index in [9.17, 15) is 8.42 Å². The minimum Gasteiger partial charge on any atom is -0.303 e. The molecule has 0 bridgehead atoms. The molecule has 0 aromatic heterocycles. The first kappa shape index (κ1) is 17.9. The van der Waals surface area contributed by atoms with Crippen molar-refractivity contribution in [2.45, 2.75) is 39.5 Å². The van der Waals surface area contributed by atoms with Crippen LogP contribution in [0, 0.1) is 0 Å². The molecule has 0 saturated carbocycles. The molecule has 1 aliphatic rings. The molecule has 1 fully saturated rings. The Morgan fingerprint density at radius 3 is 2.33 bits per heavy atom. The van der Waals surface area contributed by atoms with Gasteiger partial charge in [0.05, 0.1) is 5.69 Å². The molecule has 1 aromatic carbocycles. The molecule has 0 spiro atoms. The molecule has 6 heteroatoms. The first-order valence-electron chi connectivity index (χ1n) is 7.15. The van der Waals surface area contributed by atoms with Crippen molar-refractivity contribution >= 4 is 15.9 Å². The number of nitrogens with two attached hydrogens (primary N) is 1. The van der Waals surface area contributed by atoms with Crippen LogP contribution < -0.4 is 9.86 Å². The molecule has 2 rings (SSSR count). The molecule has 5 nitrogen and oxygen atoms in total. The molecule has 1 saturated heterocycles. The van der Waals surface area contributed by atoms with Gasteiger partial charge >= 0.3 is 0 Å². The lowest BCUT2D eigenvalue weighted by Crippen LogP contribution is -2.27. The minimum absolute atomic E-state index is 0. The highest BCUT2D eigenvalue weighted by Crippen LogP contribution is 2.18. The summed E-state index contributed by atoms with van der Waals surface area (Å²) >= 11 is 0. The van der Waals surface area contributed by atoms with Gasteiger partial charge in [-0.3, -0.25) is 4.72 Å². The fourth-order valence-corrected chi connectivity index (χ4v) is 3.14. The lowest BCUT2D eigenvalue weighted by molar-refractivity contribution is 0.289. The van der Waals surface area contributed by atoms with Crippen molar-refractivity contribution in [1.82, 2.24) is 4.90 Å². The molecule has 1 aromatic rings. The number of rotatable bonds is 5. The van der Waals surface area contributed by atoms with Crippen LogP contribution in [-0.2, 0) is 16.6 Å². The fourth-order valence-electron chi connectivity index (χ4n) is 2.63. The van der Waals surface area contributed by atoms with Crippen LogP contribution in [0.15, 0.2) is 24.3 Å². The summed E-state index contributed by atoms with van der Waals surface area (Å²) in [5.41, 5.74) is 1.58. The van der Waals surface area contributed by atoms with Gasteiger partial charge in [0.1, 0.15) is 0 Å². The number of benzene rings is 1. The normalized spacial score (nSPS) is 16.8. The zero-order valence-electron chi connectivity index (χ0n) is 11.7. The lowest BCUT2D eigenvalue weighted by atomic mass is 10.1. The highest BCUT2D eigenvalue weighted by atomic mass is 32.2. The monoisotopic (exact) mass is 313 g/mol. The van der Waals surface area contributed by atoms with Crippen LogP contribution in [0.25, 0.3) is 0 Å². The van der Waals surface area contributed by atoms with E-state index in [4.69, 9.17) is 5.14 Å². The summed E-state index contributed by atoms with van der Waals surface area (Å²) in [6.07, 6.45) is 5.99. The molecule has 0 atom stereocenters. The summed E-state index contributed by atoms with van der Waals surface area (Å²) in [5, 5.41) is 5.05. The Hall–Kier alpha value is -1.11.